The number of nitrogens with zero attached hydrogens (tertiary/aromatic N) is 1. The summed E-state index contributed by atoms with van der Waals surface area (Å²) in [6, 6.07) is 7.69. The first-order valence-electron chi connectivity index (χ1n) is 9.09. The SMILES string of the molecule is COC1(c2ccc(O)cc2)C(C)CCCC1CN(C)CC1CC1. The van der Waals surface area contributed by atoms with Gasteiger partial charge in [0.05, 0.1) is 5.60 Å². The highest BCUT2D eigenvalue weighted by Gasteiger charge is 2.47. The highest BCUT2D eigenvalue weighted by molar-refractivity contribution is 5.32. The average Bonchev–Trinajstić information content (AvgIpc) is 3.33. The number of ether oxygens (including phenoxy) is 1. The maximum Gasteiger partial charge on any atom is 0.115 e. The lowest BCUT2D eigenvalue weighted by Gasteiger charge is -2.49. The van der Waals surface area contributed by atoms with Crippen LogP contribution in [0.15, 0.2) is 24.3 Å². The summed E-state index contributed by atoms with van der Waals surface area (Å²) in [5.41, 5.74) is 0.985. The lowest BCUT2D eigenvalue weighted by Crippen LogP contribution is -2.50. The molecule has 2 fully saturated rings. The number of phenolic OH excluding ortho intramolecular Hbond substituents is 1. The van der Waals surface area contributed by atoms with Crippen molar-refractivity contribution in [2.75, 3.05) is 27.2 Å². The summed E-state index contributed by atoms with van der Waals surface area (Å²) in [7, 11) is 4.12. The minimum Gasteiger partial charge on any atom is -0.508 e. The smallest absolute Gasteiger partial charge is 0.115 e. The van der Waals surface area contributed by atoms with Gasteiger partial charge in [-0.1, -0.05) is 25.5 Å². The molecule has 2 saturated carbocycles. The van der Waals surface area contributed by atoms with Crippen molar-refractivity contribution in [1.29, 1.82) is 0 Å². The molecule has 3 atom stereocenters. The molecule has 0 heterocycles. The Balaban J connectivity index is 1.85. The van der Waals surface area contributed by atoms with Crippen LogP contribution in [0.25, 0.3) is 0 Å². The maximum absolute atomic E-state index is 9.65. The molecule has 0 spiro atoms. The summed E-state index contributed by atoms with van der Waals surface area (Å²) >= 11 is 0. The number of hydrogen-bond donors (Lipinski definition) is 1. The maximum atomic E-state index is 9.65. The van der Waals surface area contributed by atoms with E-state index >= 15 is 0 Å². The molecule has 3 unspecified atom stereocenters. The predicted molar refractivity (Wildman–Crippen MR) is 93.5 cm³/mol. The summed E-state index contributed by atoms with van der Waals surface area (Å²) in [6.07, 6.45) is 6.51. The molecular weight excluding hydrogens is 286 g/mol. The van der Waals surface area contributed by atoms with E-state index in [0.29, 0.717) is 17.6 Å². The van der Waals surface area contributed by atoms with Gasteiger partial charge in [0.1, 0.15) is 5.75 Å². The van der Waals surface area contributed by atoms with Crippen LogP contribution in [0, 0.1) is 17.8 Å². The van der Waals surface area contributed by atoms with E-state index in [2.05, 4.69) is 31.0 Å². The molecule has 0 radical (unpaired) electrons. The third-order valence-electron chi connectivity index (χ3n) is 5.98. The highest BCUT2D eigenvalue weighted by Crippen LogP contribution is 2.48. The Morgan fingerprint density at radius 3 is 2.43 bits per heavy atom. The van der Waals surface area contributed by atoms with Crippen molar-refractivity contribution in [3.05, 3.63) is 29.8 Å². The van der Waals surface area contributed by atoms with Gasteiger partial charge in [0.15, 0.2) is 0 Å². The molecule has 0 saturated heterocycles. The molecule has 1 aromatic carbocycles. The zero-order valence-corrected chi connectivity index (χ0v) is 14.8. The van der Waals surface area contributed by atoms with E-state index < -0.39 is 0 Å². The Bertz CT molecular complexity index is 511. The molecule has 1 N–H and O–H groups in total. The Hall–Kier alpha value is -1.06. The second-order valence-corrected chi connectivity index (χ2v) is 7.74. The van der Waals surface area contributed by atoms with Gasteiger partial charge < -0.3 is 14.7 Å². The van der Waals surface area contributed by atoms with Gasteiger partial charge in [0.2, 0.25) is 0 Å². The van der Waals surface area contributed by atoms with Crippen LogP contribution in [0.3, 0.4) is 0 Å². The standard InChI is InChI=1S/C20H31NO2/c1-15-5-4-6-18(14-21(2)13-16-7-8-16)20(15,23-3)17-9-11-19(22)12-10-17/h9-12,15-16,18,22H,4-8,13-14H2,1-3H3. The van der Waals surface area contributed by atoms with Gasteiger partial charge >= 0.3 is 0 Å². The second-order valence-electron chi connectivity index (χ2n) is 7.74. The molecular formula is C20H31NO2. The van der Waals surface area contributed by atoms with Gasteiger partial charge in [0, 0.05) is 26.1 Å². The molecule has 0 aromatic heterocycles. The summed E-state index contributed by atoms with van der Waals surface area (Å²) in [5.74, 6) is 2.24. The molecule has 1 aromatic rings. The monoisotopic (exact) mass is 317 g/mol. The Morgan fingerprint density at radius 2 is 1.83 bits per heavy atom. The fourth-order valence-electron chi connectivity index (χ4n) is 4.65. The fraction of sp³-hybridized carbons (Fsp3) is 0.700. The molecule has 3 rings (SSSR count). The topological polar surface area (TPSA) is 32.7 Å². The van der Waals surface area contributed by atoms with Crippen molar-refractivity contribution in [2.24, 2.45) is 17.8 Å². The Kier molecular flexibility index (Phi) is 4.98. The number of phenols is 1. The number of benzene rings is 1. The first kappa shape index (κ1) is 16.8. The average molecular weight is 317 g/mol. The van der Waals surface area contributed by atoms with Crippen LogP contribution in [0.2, 0.25) is 0 Å². The second kappa shape index (κ2) is 6.82. The van der Waals surface area contributed by atoms with E-state index in [-0.39, 0.29) is 5.60 Å². The Morgan fingerprint density at radius 1 is 1.13 bits per heavy atom. The van der Waals surface area contributed by atoms with E-state index in [1.165, 1.54) is 44.2 Å². The zero-order valence-electron chi connectivity index (χ0n) is 14.8. The van der Waals surface area contributed by atoms with E-state index in [1.54, 1.807) is 12.1 Å². The van der Waals surface area contributed by atoms with Crippen molar-refractivity contribution in [3.63, 3.8) is 0 Å². The minimum absolute atomic E-state index is 0.232. The van der Waals surface area contributed by atoms with Gasteiger partial charge in [-0.25, -0.2) is 0 Å². The number of aromatic hydroxyl groups is 1. The number of hydrogen-bond acceptors (Lipinski definition) is 3. The molecule has 128 valence electrons. The highest BCUT2D eigenvalue weighted by atomic mass is 16.5. The molecule has 3 heteroatoms. The predicted octanol–water partition coefficient (Wildman–Crippen LogP) is 4.01. The third-order valence-corrected chi connectivity index (χ3v) is 5.98. The lowest BCUT2D eigenvalue weighted by atomic mass is 9.65. The largest absolute Gasteiger partial charge is 0.508 e. The van der Waals surface area contributed by atoms with Gasteiger partial charge in [-0.15, -0.1) is 0 Å². The number of methoxy groups -OCH3 is 1. The molecule has 0 aliphatic heterocycles. The first-order chi connectivity index (χ1) is 11.1. The Labute approximate surface area is 140 Å². The van der Waals surface area contributed by atoms with Crippen molar-refractivity contribution in [1.82, 2.24) is 4.90 Å². The summed E-state index contributed by atoms with van der Waals surface area (Å²) in [5, 5.41) is 9.65. The quantitative estimate of drug-likeness (QED) is 0.860. The summed E-state index contributed by atoms with van der Waals surface area (Å²) < 4.78 is 6.24. The van der Waals surface area contributed by atoms with Gasteiger partial charge in [-0.2, -0.15) is 0 Å². The number of rotatable bonds is 6. The van der Waals surface area contributed by atoms with Crippen LogP contribution in [0.5, 0.6) is 5.75 Å². The van der Waals surface area contributed by atoms with Crippen LogP contribution in [0.4, 0.5) is 0 Å². The molecule has 0 amide bonds. The lowest BCUT2D eigenvalue weighted by molar-refractivity contribution is -0.131. The van der Waals surface area contributed by atoms with Crippen LogP contribution in [0.1, 0.15) is 44.6 Å². The zero-order chi connectivity index (χ0) is 16.4. The van der Waals surface area contributed by atoms with Crippen molar-refractivity contribution in [2.45, 2.75) is 44.6 Å². The molecule has 0 bridgehead atoms. The van der Waals surface area contributed by atoms with E-state index in [9.17, 15) is 5.11 Å². The van der Waals surface area contributed by atoms with Crippen LogP contribution < -0.4 is 0 Å². The normalized spacial score (nSPS) is 31.5. The van der Waals surface area contributed by atoms with Gasteiger partial charge in [-0.3, -0.25) is 0 Å². The van der Waals surface area contributed by atoms with Crippen LogP contribution in [-0.4, -0.2) is 37.3 Å². The van der Waals surface area contributed by atoms with Crippen molar-refractivity contribution >= 4 is 0 Å². The molecule has 2 aliphatic carbocycles. The van der Waals surface area contributed by atoms with Crippen molar-refractivity contribution in [3.8, 4) is 5.75 Å². The molecule has 23 heavy (non-hydrogen) atoms. The van der Waals surface area contributed by atoms with E-state index in [0.717, 1.165) is 12.5 Å². The van der Waals surface area contributed by atoms with E-state index in [1.807, 2.05) is 7.11 Å². The molecule has 2 aliphatic rings. The van der Waals surface area contributed by atoms with E-state index in [4.69, 9.17) is 4.74 Å². The van der Waals surface area contributed by atoms with Crippen LogP contribution >= 0.6 is 0 Å². The fourth-order valence-corrected chi connectivity index (χ4v) is 4.65. The third kappa shape index (κ3) is 3.41. The first-order valence-corrected chi connectivity index (χ1v) is 9.09. The van der Waals surface area contributed by atoms with Crippen molar-refractivity contribution < 1.29 is 9.84 Å². The molecule has 3 nitrogen and oxygen atoms in total. The van der Waals surface area contributed by atoms with Gasteiger partial charge in [0.25, 0.3) is 0 Å². The van der Waals surface area contributed by atoms with Crippen LogP contribution in [-0.2, 0) is 10.3 Å². The van der Waals surface area contributed by atoms with Gasteiger partial charge in [-0.05, 0) is 62.3 Å². The minimum atomic E-state index is -0.232. The summed E-state index contributed by atoms with van der Waals surface area (Å²) in [6.45, 7) is 4.64. The summed E-state index contributed by atoms with van der Waals surface area (Å²) in [4.78, 5) is 2.51.